The number of methoxy groups -OCH3 is 2. The van der Waals surface area contributed by atoms with Gasteiger partial charge in [0.1, 0.15) is 17.3 Å². The van der Waals surface area contributed by atoms with Crippen LogP contribution in [0.1, 0.15) is 20.9 Å². The summed E-state index contributed by atoms with van der Waals surface area (Å²) in [7, 11) is 3.24. The monoisotopic (exact) mass is 485 g/mol. The lowest BCUT2D eigenvalue weighted by molar-refractivity contribution is 0.103. The third kappa shape index (κ3) is 5.60. The zero-order valence-corrected chi connectivity index (χ0v) is 19.9. The maximum atomic E-state index is 12.7. The molecular formula is C23H27N5O5S. The minimum absolute atomic E-state index is 0.215. The van der Waals surface area contributed by atoms with E-state index in [0.29, 0.717) is 43.3 Å². The van der Waals surface area contributed by atoms with Crippen molar-refractivity contribution in [3.8, 4) is 11.5 Å². The first-order chi connectivity index (χ1) is 16.4. The van der Waals surface area contributed by atoms with Crippen molar-refractivity contribution in [3.63, 3.8) is 0 Å². The summed E-state index contributed by atoms with van der Waals surface area (Å²) in [6, 6.07) is 11.3. The van der Waals surface area contributed by atoms with Crippen LogP contribution in [0.25, 0.3) is 0 Å². The SMILES string of the molecule is COc1cc(CCc2cc(NC(=O)c3ccc(N4CCN(C(=O)O)CC4)s3)[nH]n2)cc(OC)c1. The number of hydrogen-bond donors (Lipinski definition) is 3. The van der Waals surface area contributed by atoms with Crippen LogP contribution in [0.2, 0.25) is 0 Å². The molecule has 180 valence electrons. The topological polar surface area (TPSA) is 120 Å². The molecule has 1 aromatic carbocycles. The van der Waals surface area contributed by atoms with Crippen LogP contribution in [0.5, 0.6) is 11.5 Å². The van der Waals surface area contributed by atoms with E-state index in [0.717, 1.165) is 34.2 Å². The van der Waals surface area contributed by atoms with Crippen LogP contribution >= 0.6 is 11.3 Å². The maximum Gasteiger partial charge on any atom is 0.407 e. The number of H-pyrrole nitrogens is 1. The van der Waals surface area contributed by atoms with E-state index >= 15 is 0 Å². The molecule has 0 atom stereocenters. The van der Waals surface area contributed by atoms with Crippen LogP contribution in [-0.2, 0) is 12.8 Å². The van der Waals surface area contributed by atoms with Crippen molar-refractivity contribution < 1.29 is 24.2 Å². The van der Waals surface area contributed by atoms with Crippen LogP contribution in [0.4, 0.5) is 15.6 Å². The maximum absolute atomic E-state index is 12.7. The number of piperazine rings is 1. The predicted octanol–water partition coefficient (Wildman–Crippen LogP) is 3.33. The van der Waals surface area contributed by atoms with E-state index in [-0.39, 0.29) is 5.91 Å². The molecule has 1 fully saturated rings. The molecular weight excluding hydrogens is 458 g/mol. The Balaban J connectivity index is 1.31. The molecule has 2 amide bonds. The summed E-state index contributed by atoms with van der Waals surface area (Å²) in [4.78, 5) is 27.9. The Labute approximate surface area is 201 Å². The Bertz CT molecular complexity index is 1130. The molecule has 34 heavy (non-hydrogen) atoms. The van der Waals surface area contributed by atoms with Gasteiger partial charge in [-0.15, -0.1) is 11.3 Å². The summed E-state index contributed by atoms with van der Waals surface area (Å²) in [5.41, 5.74) is 1.90. The molecule has 0 spiro atoms. The lowest BCUT2D eigenvalue weighted by Crippen LogP contribution is -2.48. The van der Waals surface area contributed by atoms with Gasteiger partial charge in [-0.1, -0.05) is 0 Å². The molecule has 1 saturated heterocycles. The Hall–Kier alpha value is -3.73. The van der Waals surface area contributed by atoms with Crippen molar-refractivity contribution in [1.29, 1.82) is 0 Å². The van der Waals surface area contributed by atoms with Crippen molar-refractivity contribution in [3.05, 3.63) is 52.5 Å². The largest absolute Gasteiger partial charge is 0.497 e. The fourth-order valence-electron chi connectivity index (χ4n) is 3.76. The molecule has 1 aliphatic rings. The number of ether oxygens (including phenoxy) is 2. The second-order valence-corrected chi connectivity index (χ2v) is 8.90. The smallest absolute Gasteiger partial charge is 0.407 e. The van der Waals surface area contributed by atoms with Crippen LogP contribution < -0.4 is 19.7 Å². The minimum Gasteiger partial charge on any atom is -0.497 e. The number of thiophene rings is 1. The fourth-order valence-corrected chi connectivity index (χ4v) is 4.71. The minimum atomic E-state index is -0.895. The standard InChI is InChI=1S/C23H27N5O5S/c1-32-17-11-15(12-18(14-17)33-2)3-4-16-13-20(26-25-16)24-22(29)19-5-6-21(34-19)27-7-9-28(10-8-27)23(30)31/h5-6,11-14H,3-4,7-10H2,1-2H3,(H,30,31)(H2,24,25,26,29). The highest BCUT2D eigenvalue weighted by atomic mass is 32.1. The van der Waals surface area contributed by atoms with Gasteiger partial charge in [-0.2, -0.15) is 5.10 Å². The van der Waals surface area contributed by atoms with Gasteiger partial charge >= 0.3 is 6.09 Å². The normalized spacial score (nSPS) is 13.6. The van der Waals surface area contributed by atoms with Crippen molar-refractivity contribution in [1.82, 2.24) is 15.1 Å². The van der Waals surface area contributed by atoms with E-state index in [1.807, 2.05) is 30.3 Å². The number of nitrogens with one attached hydrogen (secondary N) is 2. The first kappa shape index (κ1) is 23.4. The molecule has 0 radical (unpaired) electrons. The first-order valence-electron chi connectivity index (χ1n) is 10.9. The van der Waals surface area contributed by atoms with Crippen LogP contribution in [0.3, 0.4) is 0 Å². The van der Waals surface area contributed by atoms with Gasteiger partial charge < -0.3 is 29.7 Å². The number of amides is 2. The summed E-state index contributed by atoms with van der Waals surface area (Å²) in [5.74, 6) is 1.80. The van der Waals surface area contributed by atoms with Gasteiger partial charge in [0.15, 0.2) is 0 Å². The quantitative estimate of drug-likeness (QED) is 0.448. The second-order valence-electron chi connectivity index (χ2n) is 7.84. The van der Waals surface area contributed by atoms with Gasteiger partial charge in [-0.3, -0.25) is 9.89 Å². The molecule has 0 unspecified atom stereocenters. The average Bonchev–Trinajstić information content (AvgIpc) is 3.52. The van der Waals surface area contributed by atoms with Gasteiger partial charge in [-0.25, -0.2) is 4.79 Å². The van der Waals surface area contributed by atoms with Gasteiger partial charge in [0.05, 0.1) is 29.8 Å². The number of aryl methyl sites for hydroxylation is 2. The molecule has 0 aliphatic carbocycles. The number of carboxylic acid groups (broad SMARTS) is 1. The molecule has 3 aromatic rings. The highest BCUT2D eigenvalue weighted by molar-refractivity contribution is 7.18. The molecule has 10 nitrogen and oxygen atoms in total. The first-order valence-corrected chi connectivity index (χ1v) is 11.7. The number of hydrogen-bond acceptors (Lipinski definition) is 7. The summed E-state index contributed by atoms with van der Waals surface area (Å²) in [6.45, 7) is 2.12. The molecule has 1 aliphatic heterocycles. The number of aromatic nitrogens is 2. The molecule has 2 aromatic heterocycles. The highest BCUT2D eigenvalue weighted by Crippen LogP contribution is 2.28. The Kier molecular flexibility index (Phi) is 7.21. The number of nitrogens with zero attached hydrogens (tertiary/aromatic N) is 3. The van der Waals surface area contributed by atoms with Crippen molar-refractivity contribution in [2.45, 2.75) is 12.8 Å². The number of carbonyl (C=O) groups excluding carboxylic acids is 1. The molecule has 0 saturated carbocycles. The number of rotatable bonds is 8. The van der Waals surface area contributed by atoms with Crippen LogP contribution in [-0.4, -0.2) is 72.6 Å². The van der Waals surface area contributed by atoms with Gasteiger partial charge in [0.25, 0.3) is 5.91 Å². The molecule has 3 heterocycles. The number of benzene rings is 1. The third-order valence-electron chi connectivity index (χ3n) is 5.64. The van der Waals surface area contributed by atoms with Crippen LogP contribution in [0, 0.1) is 0 Å². The summed E-state index contributed by atoms with van der Waals surface area (Å²) < 4.78 is 10.6. The van der Waals surface area contributed by atoms with E-state index in [9.17, 15) is 9.59 Å². The summed E-state index contributed by atoms with van der Waals surface area (Å²) in [6.07, 6.45) is 0.539. The number of anilines is 2. The van der Waals surface area contributed by atoms with Crippen molar-refractivity contribution in [2.75, 3.05) is 50.6 Å². The van der Waals surface area contributed by atoms with Crippen LogP contribution in [0.15, 0.2) is 36.4 Å². The molecule has 11 heteroatoms. The van der Waals surface area contributed by atoms with Crippen molar-refractivity contribution >= 4 is 34.2 Å². The Morgan fingerprint density at radius 1 is 1.06 bits per heavy atom. The predicted molar refractivity (Wildman–Crippen MR) is 130 cm³/mol. The summed E-state index contributed by atoms with van der Waals surface area (Å²) in [5, 5.41) is 20.1. The second kappa shape index (κ2) is 10.5. The van der Waals surface area contributed by atoms with Gasteiger partial charge in [0, 0.05) is 38.3 Å². The van der Waals surface area contributed by atoms with Gasteiger partial charge in [0.2, 0.25) is 0 Å². The van der Waals surface area contributed by atoms with Gasteiger partial charge in [-0.05, 0) is 42.7 Å². The number of aromatic amines is 1. The molecule has 3 N–H and O–H groups in total. The number of carbonyl (C=O) groups is 2. The van der Waals surface area contributed by atoms with E-state index in [1.165, 1.54) is 16.2 Å². The Morgan fingerprint density at radius 3 is 2.41 bits per heavy atom. The zero-order chi connectivity index (χ0) is 24.1. The van der Waals surface area contributed by atoms with E-state index in [2.05, 4.69) is 20.4 Å². The van der Waals surface area contributed by atoms with E-state index in [4.69, 9.17) is 14.6 Å². The molecule has 4 rings (SSSR count). The van der Waals surface area contributed by atoms with E-state index in [1.54, 1.807) is 20.3 Å². The lowest BCUT2D eigenvalue weighted by atomic mass is 10.1. The summed E-state index contributed by atoms with van der Waals surface area (Å²) >= 11 is 1.39. The molecule has 0 bridgehead atoms. The Morgan fingerprint density at radius 2 is 1.76 bits per heavy atom. The van der Waals surface area contributed by atoms with E-state index < -0.39 is 6.09 Å². The average molecular weight is 486 g/mol. The third-order valence-corrected chi connectivity index (χ3v) is 6.78. The highest BCUT2D eigenvalue weighted by Gasteiger charge is 2.22. The van der Waals surface area contributed by atoms with Crippen molar-refractivity contribution in [2.24, 2.45) is 0 Å². The fraction of sp³-hybridized carbons (Fsp3) is 0.348. The zero-order valence-electron chi connectivity index (χ0n) is 19.0. The lowest BCUT2D eigenvalue weighted by Gasteiger charge is -2.33.